The summed E-state index contributed by atoms with van der Waals surface area (Å²) in [6.07, 6.45) is 0.204. The molecule has 1 heterocycles. The lowest BCUT2D eigenvalue weighted by Gasteiger charge is -2.32. The van der Waals surface area contributed by atoms with Gasteiger partial charge in [0, 0.05) is 19.1 Å². The topological polar surface area (TPSA) is 97.0 Å². The van der Waals surface area contributed by atoms with Gasteiger partial charge in [0.1, 0.15) is 18.8 Å². The summed E-state index contributed by atoms with van der Waals surface area (Å²) in [5.74, 6) is -0.170. The monoisotopic (exact) mass is 391 g/mol. The van der Waals surface area contributed by atoms with Gasteiger partial charge in [0.2, 0.25) is 5.91 Å². The summed E-state index contributed by atoms with van der Waals surface area (Å²) in [6.45, 7) is 6.43. The van der Waals surface area contributed by atoms with Crippen molar-refractivity contribution in [2.24, 2.45) is 0 Å². The van der Waals surface area contributed by atoms with E-state index >= 15 is 0 Å². The smallest absolute Gasteiger partial charge is 0.408 e. The number of carbonyl (C=O) groups is 3. The highest BCUT2D eigenvalue weighted by Crippen LogP contribution is 2.11. The van der Waals surface area contributed by atoms with Crippen molar-refractivity contribution < 1.29 is 23.9 Å². The molecule has 28 heavy (non-hydrogen) atoms. The van der Waals surface area contributed by atoms with Crippen LogP contribution in [-0.4, -0.2) is 54.3 Å². The summed E-state index contributed by atoms with van der Waals surface area (Å²) < 4.78 is 10.3. The molecule has 0 atom stereocenters. The molecule has 0 unspecified atom stereocenters. The molecule has 154 valence electrons. The second kappa shape index (κ2) is 9.96. The molecule has 0 aromatic heterocycles. The maximum Gasteiger partial charge on any atom is 0.408 e. The van der Waals surface area contributed by atoms with E-state index in [9.17, 15) is 14.4 Å². The predicted molar refractivity (Wildman–Crippen MR) is 104 cm³/mol. The van der Waals surface area contributed by atoms with Crippen LogP contribution in [0.25, 0.3) is 0 Å². The number of amides is 3. The molecule has 0 spiro atoms. The molecular formula is C20H29N3O5. The van der Waals surface area contributed by atoms with Crippen LogP contribution in [-0.2, 0) is 20.9 Å². The van der Waals surface area contributed by atoms with Crippen molar-refractivity contribution in [3.05, 3.63) is 35.9 Å². The number of alkyl carbamates (subject to hydrolysis) is 2. The van der Waals surface area contributed by atoms with Crippen molar-refractivity contribution in [3.8, 4) is 0 Å². The first-order valence-electron chi connectivity index (χ1n) is 9.45. The van der Waals surface area contributed by atoms with Gasteiger partial charge in [-0.15, -0.1) is 0 Å². The largest absolute Gasteiger partial charge is 0.445 e. The number of rotatable bonds is 5. The van der Waals surface area contributed by atoms with E-state index in [0.29, 0.717) is 25.9 Å². The average Bonchev–Trinajstić information content (AvgIpc) is 2.64. The Bertz CT molecular complexity index is 664. The molecule has 2 N–H and O–H groups in total. The number of hydrogen-bond acceptors (Lipinski definition) is 5. The molecule has 1 aromatic rings. The van der Waals surface area contributed by atoms with Gasteiger partial charge in [0.25, 0.3) is 0 Å². The first kappa shape index (κ1) is 21.5. The van der Waals surface area contributed by atoms with Crippen LogP contribution in [0.4, 0.5) is 9.59 Å². The Labute approximate surface area is 165 Å². The molecule has 0 radical (unpaired) electrons. The van der Waals surface area contributed by atoms with Gasteiger partial charge in [-0.05, 0) is 39.2 Å². The second-order valence-electron chi connectivity index (χ2n) is 7.72. The predicted octanol–water partition coefficient (Wildman–Crippen LogP) is 2.43. The number of nitrogens with one attached hydrogen (secondary N) is 2. The van der Waals surface area contributed by atoms with Gasteiger partial charge in [-0.3, -0.25) is 4.79 Å². The first-order chi connectivity index (χ1) is 13.2. The van der Waals surface area contributed by atoms with Crippen molar-refractivity contribution in [3.63, 3.8) is 0 Å². The van der Waals surface area contributed by atoms with Gasteiger partial charge in [-0.1, -0.05) is 30.3 Å². The molecule has 1 aliphatic rings. The van der Waals surface area contributed by atoms with E-state index in [2.05, 4.69) is 10.6 Å². The molecule has 8 nitrogen and oxygen atoms in total. The highest BCUT2D eigenvalue weighted by atomic mass is 16.6. The van der Waals surface area contributed by atoms with Crippen LogP contribution in [0.1, 0.15) is 39.2 Å². The molecule has 8 heteroatoms. The number of hydrogen-bond donors (Lipinski definition) is 2. The van der Waals surface area contributed by atoms with Crippen LogP contribution in [0.15, 0.2) is 30.3 Å². The van der Waals surface area contributed by atoms with Crippen LogP contribution in [0, 0.1) is 0 Å². The van der Waals surface area contributed by atoms with E-state index in [0.717, 1.165) is 5.56 Å². The zero-order valence-corrected chi connectivity index (χ0v) is 16.7. The van der Waals surface area contributed by atoms with Crippen LogP contribution >= 0.6 is 0 Å². The van der Waals surface area contributed by atoms with Crippen LogP contribution in [0.5, 0.6) is 0 Å². The average molecular weight is 391 g/mol. The summed E-state index contributed by atoms with van der Waals surface area (Å²) in [6, 6.07) is 9.43. The molecule has 2 rings (SSSR count). The maximum atomic E-state index is 12.2. The van der Waals surface area contributed by atoms with Gasteiger partial charge < -0.3 is 25.0 Å². The number of nitrogens with zero attached hydrogens (tertiary/aromatic N) is 1. The number of benzene rings is 1. The number of ether oxygens (including phenoxy) is 2. The number of piperidine rings is 1. The lowest BCUT2D eigenvalue weighted by Crippen LogP contribution is -2.49. The Morgan fingerprint density at radius 3 is 2.32 bits per heavy atom. The standard InChI is InChI=1S/C20H29N3O5/c1-20(2,3)28-18(25)21-13-17(24)23-11-9-16(10-12-23)22-19(26)27-14-15-7-5-4-6-8-15/h4-8,16H,9-14H2,1-3H3,(H,21,25)(H,22,26). The zero-order valence-electron chi connectivity index (χ0n) is 16.7. The normalized spacial score (nSPS) is 14.9. The quantitative estimate of drug-likeness (QED) is 0.803. The van der Waals surface area contributed by atoms with Crippen LogP contribution < -0.4 is 10.6 Å². The Hall–Kier alpha value is -2.77. The van der Waals surface area contributed by atoms with Crippen LogP contribution in [0.2, 0.25) is 0 Å². The van der Waals surface area contributed by atoms with Gasteiger partial charge in [0.15, 0.2) is 0 Å². The molecular weight excluding hydrogens is 362 g/mol. The highest BCUT2D eigenvalue weighted by molar-refractivity contribution is 5.82. The molecule has 0 bridgehead atoms. The third-order valence-corrected chi connectivity index (χ3v) is 4.17. The Morgan fingerprint density at radius 1 is 1.07 bits per heavy atom. The number of likely N-dealkylation sites (tertiary alicyclic amines) is 1. The molecule has 1 aromatic carbocycles. The summed E-state index contributed by atoms with van der Waals surface area (Å²) >= 11 is 0. The fraction of sp³-hybridized carbons (Fsp3) is 0.550. The fourth-order valence-corrected chi connectivity index (χ4v) is 2.78. The van der Waals surface area contributed by atoms with Crippen molar-refractivity contribution >= 4 is 18.1 Å². The third kappa shape index (κ3) is 7.85. The van der Waals surface area contributed by atoms with Gasteiger partial charge in [-0.25, -0.2) is 9.59 Å². The van der Waals surface area contributed by atoms with Crippen molar-refractivity contribution in [1.82, 2.24) is 15.5 Å². The summed E-state index contributed by atoms with van der Waals surface area (Å²) in [4.78, 5) is 37.4. The van der Waals surface area contributed by atoms with Crippen molar-refractivity contribution in [2.45, 2.75) is 51.9 Å². The molecule has 1 fully saturated rings. The fourth-order valence-electron chi connectivity index (χ4n) is 2.78. The molecule has 0 aliphatic carbocycles. The number of carbonyl (C=O) groups excluding carboxylic acids is 3. The van der Waals surface area contributed by atoms with E-state index in [1.807, 2.05) is 30.3 Å². The van der Waals surface area contributed by atoms with Crippen molar-refractivity contribution in [2.75, 3.05) is 19.6 Å². The zero-order chi connectivity index (χ0) is 20.6. The Kier molecular flexibility index (Phi) is 7.66. The van der Waals surface area contributed by atoms with E-state index in [4.69, 9.17) is 9.47 Å². The summed E-state index contributed by atoms with van der Waals surface area (Å²) in [7, 11) is 0. The Morgan fingerprint density at radius 2 is 1.71 bits per heavy atom. The van der Waals surface area contributed by atoms with E-state index in [-0.39, 0.29) is 25.1 Å². The van der Waals surface area contributed by atoms with Gasteiger partial charge >= 0.3 is 12.2 Å². The summed E-state index contributed by atoms with van der Waals surface area (Å²) in [5, 5.41) is 5.31. The maximum absolute atomic E-state index is 12.2. The summed E-state index contributed by atoms with van der Waals surface area (Å²) in [5.41, 5.74) is 0.322. The molecule has 3 amide bonds. The van der Waals surface area contributed by atoms with Crippen molar-refractivity contribution in [1.29, 1.82) is 0 Å². The first-order valence-corrected chi connectivity index (χ1v) is 9.45. The van der Waals surface area contributed by atoms with E-state index in [1.54, 1.807) is 25.7 Å². The van der Waals surface area contributed by atoms with Crippen LogP contribution in [0.3, 0.4) is 0 Å². The lowest BCUT2D eigenvalue weighted by atomic mass is 10.1. The lowest BCUT2D eigenvalue weighted by molar-refractivity contribution is -0.131. The van der Waals surface area contributed by atoms with E-state index in [1.165, 1.54) is 0 Å². The van der Waals surface area contributed by atoms with Gasteiger partial charge in [-0.2, -0.15) is 0 Å². The Balaban J connectivity index is 1.64. The molecule has 1 aliphatic heterocycles. The minimum atomic E-state index is -0.612. The minimum absolute atomic E-state index is 0.0360. The van der Waals surface area contributed by atoms with Gasteiger partial charge in [0.05, 0.1) is 0 Å². The molecule has 0 saturated carbocycles. The third-order valence-electron chi connectivity index (χ3n) is 4.17. The van der Waals surface area contributed by atoms with E-state index < -0.39 is 17.8 Å². The highest BCUT2D eigenvalue weighted by Gasteiger charge is 2.25. The minimum Gasteiger partial charge on any atom is -0.445 e. The molecule has 1 saturated heterocycles. The second-order valence-corrected chi connectivity index (χ2v) is 7.72. The SMILES string of the molecule is CC(C)(C)OC(=O)NCC(=O)N1CCC(NC(=O)OCc2ccccc2)CC1.